The molecule has 0 saturated heterocycles. The highest BCUT2D eigenvalue weighted by molar-refractivity contribution is 6.02. The number of carbonyl (C=O) groups is 1. The first-order chi connectivity index (χ1) is 13.4. The summed E-state index contributed by atoms with van der Waals surface area (Å²) in [5, 5.41) is 2.64. The van der Waals surface area contributed by atoms with Crippen LogP contribution in [0.2, 0.25) is 0 Å². The summed E-state index contributed by atoms with van der Waals surface area (Å²) in [6, 6.07) is 8.56. The van der Waals surface area contributed by atoms with Gasteiger partial charge in [-0.1, -0.05) is 23.8 Å². The molecule has 0 unspecified atom stereocenters. The van der Waals surface area contributed by atoms with Crippen molar-refractivity contribution in [3.8, 4) is 11.3 Å². The number of nitrogens with one attached hydrogen (secondary N) is 1. The van der Waals surface area contributed by atoms with Gasteiger partial charge in [0.1, 0.15) is 17.3 Å². The molecule has 0 bridgehead atoms. The van der Waals surface area contributed by atoms with E-state index in [9.17, 15) is 13.6 Å². The zero-order valence-corrected chi connectivity index (χ0v) is 15.3. The number of carbonyl (C=O) groups excluding carboxylic acids is 1. The largest absolute Gasteiger partial charge is 0.368 e. The third-order valence-corrected chi connectivity index (χ3v) is 4.64. The quantitative estimate of drug-likeness (QED) is 0.703. The first-order valence-corrected chi connectivity index (χ1v) is 8.63. The predicted molar refractivity (Wildman–Crippen MR) is 102 cm³/mol. The molecule has 0 aliphatic carbocycles. The smallest absolute Gasteiger partial charge is 0.328 e. The second-order valence-electron chi connectivity index (χ2n) is 6.62. The van der Waals surface area contributed by atoms with E-state index in [2.05, 4.69) is 15.3 Å². The van der Waals surface area contributed by atoms with E-state index in [4.69, 9.17) is 5.73 Å². The minimum absolute atomic E-state index is 0.0659. The molecule has 1 aromatic heterocycles. The molecule has 4 rings (SSSR count). The summed E-state index contributed by atoms with van der Waals surface area (Å²) < 4.78 is 28.8. The Morgan fingerprint density at radius 2 is 1.82 bits per heavy atom. The molecular formula is C20H17F2N5O. The maximum Gasteiger partial charge on any atom is 0.328 e. The van der Waals surface area contributed by atoms with Crippen LogP contribution < -0.4 is 16.0 Å². The minimum atomic E-state index is -0.881. The lowest BCUT2D eigenvalue weighted by atomic mass is 9.98. The number of nitrogens with zero attached hydrogens (tertiary/aromatic N) is 3. The molecule has 2 heterocycles. The number of fused-ring (bicyclic) bond motifs is 1. The van der Waals surface area contributed by atoms with Crippen molar-refractivity contribution in [2.75, 3.05) is 10.6 Å². The van der Waals surface area contributed by atoms with E-state index in [1.807, 2.05) is 32.0 Å². The van der Waals surface area contributed by atoms with Crippen LogP contribution in [0.15, 0.2) is 36.4 Å². The lowest BCUT2D eigenvalue weighted by Crippen LogP contribution is -2.43. The third kappa shape index (κ3) is 2.83. The van der Waals surface area contributed by atoms with Crippen LogP contribution in [0.5, 0.6) is 0 Å². The summed E-state index contributed by atoms with van der Waals surface area (Å²) in [4.78, 5) is 21.9. The van der Waals surface area contributed by atoms with Crippen molar-refractivity contribution in [1.82, 2.24) is 15.3 Å². The SMILES string of the molecule is Cc1ccc(C)c(-c2nc(N)nc3c2CNC(=O)N3c2c(F)cccc2F)c1. The number of urea groups is 1. The van der Waals surface area contributed by atoms with Gasteiger partial charge in [-0.15, -0.1) is 0 Å². The number of nitrogens with two attached hydrogens (primary N) is 1. The van der Waals surface area contributed by atoms with Gasteiger partial charge in [-0.05, 0) is 37.6 Å². The van der Waals surface area contributed by atoms with Gasteiger partial charge in [-0.3, -0.25) is 0 Å². The van der Waals surface area contributed by atoms with Gasteiger partial charge in [0.15, 0.2) is 5.82 Å². The zero-order chi connectivity index (χ0) is 20.0. The third-order valence-electron chi connectivity index (χ3n) is 4.64. The maximum atomic E-state index is 14.4. The van der Waals surface area contributed by atoms with Gasteiger partial charge in [-0.2, -0.15) is 4.98 Å². The van der Waals surface area contributed by atoms with Crippen LogP contribution in [0.4, 0.5) is 31.0 Å². The maximum absolute atomic E-state index is 14.4. The molecule has 2 aromatic carbocycles. The van der Waals surface area contributed by atoms with Crippen molar-refractivity contribution in [3.05, 3.63) is 64.7 Å². The highest BCUT2D eigenvalue weighted by Gasteiger charge is 2.33. The van der Waals surface area contributed by atoms with Gasteiger partial charge < -0.3 is 11.1 Å². The number of aryl methyl sites for hydroxylation is 2. The van der Waals surface area contributed by atoms with Gasteiger partial charge in [-0.25, -0.2) is 23.5 Å². The Morgan fingerprint density at radius 3 is 2.54 bits per heavy atom. The molecule has 8 heteroatoms. The number of hydrogen-bond donors (Lipinski definition) is 2. The van der Waals surface area contributed by atoms with Crippen molar-refractivity contribution in [2.24, 2.45) is 0 Å². The molecule has 0 radical (unpaired) electrons. The van der Waals surface area contributed by atoms with Crippen LogP contribution >= 0.6 is 0 Å². The number of nitrogen functional groups attached to an aromatic ring is 1. The van der Waals surface area contributed by atoms with Crippen LogP contribution in [-0.2, 0) is 6.54 Å². The minimum Gasteiger partial charge on any atom is -0.368 e. The van der Waals surface area contributed by atoms with E-state index in [1.54, 1.807) is 0 Å². The van der Waals surface area contributed by atoms with E-state index in [1.165, 1.54) is 6.07 Å². The molecule has 0 spiro atoms. The molecule has 0 saturated carbocycles. The Balaban J connectivity index is 2.00. The standard InChI is InChI=1S/C20H17F2N5O/c1-10-6-7-11(2)12(8-10)16-13-9-24-20(28)27(18(13)26-19(23)25-16)17-14(21)4-3-5-15(17)22/h3-8H,9H2,1-2H3,(H,24,28)(H2,23,25,26). The molecule has 1 aliphatic heterocycles. The average Bonchev–Trinajstić information content (AvgIpc) is 2.64. The lowest BCUT2D eigenvalue weighted by molar-refractivity contribution is 0.246. The molecule has 2 amide bonds. The molecule has 142 valence electrons. The fourth-order valence-electron chi connectivity index (χ4n) is 3.30. The Bertz CT molecular complexity index is 1100. The Morgan fingerprint density at radius 1 is 1.11 bits per heavy atom. The van der Waals surface area contributed by atoms with E-state index < -0.39 is 23.4 Å². The summed E-state index contributed by atoms with van der Waals surface area (Å²) in [6.07, 6.45) is 0. The Labute approximate surface area is 160 Å². The number of amides is 2. The molecule has 3 aromatic rings. The molecule has 3 N–H and O–H groups in total. The number of anilines is 3. The lowest BCUT2D eigenvalue weighted by Gasteiger charge is -2.30. The van der Waals surface area contributed by atoms with Crippen molar-refractivity contribution in [1.29, 1.82) is 0 Å². The fraction of sp³-hybridized carbons (Fsp3) is 0.150. The first kappa shape index (κ1) is 17.8. The molecule has 6 nitrogen and oxygen atoms in total. The van der Waals surface area contributed by atoms with E-state index >= 15 is 0 Å². The van der Waals surface area contributed by atoms with Crippen molar-refractivity contribution >= 4 is 23.5 Å². The van der Waals surface area contributed by atoms with Crippen molar-refractivity contribution in [3.63, 3.8) is 0 Å². The predicted octanol–water partition coefficient (Wildman–Crippen LogP) is 3.98. The van der Waals surface area contributed by atoms with Gasteiger partial charge in [0.05, 0.1) is 12.2 Å². The topological polar surface area (TPSA) is 84.1 Å². The number of aromatic nitrogens is 2. The van der Waals surface area contributed by atoms with Crippen LogP contribution in [-0.4, -0.2) is 16.0 Å². The van der Waals surface area contributed by atoms with Gasteiger partial charge in [0.2, 0.25) is 5.95 Å². The number of benzene rings is 2. The van der Waals surface area contributed by atoms with Crippen LogP contribution in [0, 0.1) is 25.5 Å². The van der Waals surface area contributed by atoms with Gasteiger partial charge in [0, 0.05) is 11.1 Å². The summed E-state index contributed by atoms with van der Waals surface area (Å²) in [7, 11) is 0. The molecular weight excluding hydrogens is 364 g/mol. The van der Waals surface area contributed by atoms with Crippen LogP contribution in [0.25, 0.3) is 11.3 Å². The molecule has 28 heavy (non-hydrogen) atoms. The summed E-state index contributed by atoms with van der Waals surface area (Å²) in [5.41, 5.74) is 9.23. The fourth-order valence-corrected chi connectivity index (χ4v) is 3.30. The number of para-hydroxylation sites is 1. The summed E-state index contributed by atoms with van der Waals surface area (Å²) in [5.74, 6) is -1.79. The Kier molecular flexibility index (Phi) is 4.18. The number of hydrogen-bond acceptors (Lipinski definition) is 4. The van der Waals surface area contributed by atoms with Crippen molar-refractivity contribution in [2.45, 2.75) is 20.4 Å². The monoisotopic (exact) mass is 381 g/mol. The summed E-state index contributed by atoms with van der Waals surface area (Å²) in [6.45, 7) is 3.99. The molecule has 0 atom stereocenters. The van der Waals surface area contributed by atoms with Crippen LogP contribution in [0.1, 0.15) is 16.7 Å². The highest BCUT2D eigenvalue weighted by atomic mass is 19.1. The van der Waals surface area contributed by atoms with Crippen LogP contribution in [0.3, 0.4) is 0 Å². The Hall–Kier alpha value is -3.55. The number of halogens is 2. The molecule has 1 aliphatic rings. The normalized spacial score (nSPS) is 13.3. The average molecular weight is 381 g/mol. The first-order valence-electron chi connectivity index (χ1n) is 8.63. The van der Waals surface area contributed by atoms with E-state index in [-0.39, 0.29) is 18.3 Å². The second-order valence-corrected chi connectivity index (χ2v) is 6.62. The molecule has 0 fully saturated rings. The summed E-state index contributed by atoms with van der Waals surface area (Å²) >= 11 is 0. The van der Waals surface area contributed by atoms with Gasteiger partial charge in [0.25, 0.3) is 0 Å². The van der Waals surface area contributed by atoms with E-state index in [0.717, 1.165) is 33.7 Å². The van der Waals surface area contributed by atoms with Gasteiger partial charge >= 0.3 is 6.03 Å². The second kappa shape index (κ2) is 6.56. The van der Waals surface area contributed by atoms with E-state index in [0.29, 0.717) is 11.3 Å². The van der Waals surface area contributed by atoms with Crippen molar-refractivity contribution < 1.29 is 13.6 Å². The number of rotatable bonds is 2. The zero-order valence-electron chi connectivity index (χ0n) is 15.3. The highest BCUT2D eigenvalue weighted by Crippen LogP contribution is 2.38.